The smallest absolute Gasteiger partial charge is 0.328 e. The number of aryl methyl sites for hydroxylation is 1. The van der Waals surface area contributed by atoms with Gasteiger partial charge in [-0.3, -0.25) is 4.98 Å². The van der Waals surface area contributed by atoms with Gasteiger partial charge in [0.2, 0.25) is 0 Å². The van der Waals surface area contributed by atoms with Gasteiger partial charge in [0.15, 0.2) is 0 Å². The molecule has 1 aromatic carbocycles. The van der Waals surface area contributed by atoms with Crippen molar-refractivity contribution in [2.75, 3.05) is 0 Å². The molecule has 2 aromatic rings. The van der Waals surface area contributed by atoms with E-state index in [1.165, 1.54) is 24.2 Å². The Balaban J connectivity index is 2.29. The monoisotopic (exact) mass is 365 g/mol. The van der Waals surface area contributed by atoms with Gasteiger partial charge in [0, 0.05) is 28.2 Å². The van der Waals surface area contributed by atoms with Crippen molar-refractivity contribution in [1.29, 1.82) is 0 Å². The quantitative estimate of drug-likeness (QED) is 0.850. The number of pyridine rings is 1. The van der Waals surface area contributed by atoms with Crippen LogP contribution in [0.25, 0.3) is 0 Å². The Morgan fingerprint density at radius 1 is 1.25 bits per heavy atom. The first-order valence-corrected chi connectivity index (χ1v) is 9.60. The second kappa shape index (κ2) is 7.67. The lowest BCUT2D eigenvalue weighted by molar-refractivity contribution is 0.243. The normalized spacial score (nSPS) is 11.3. The van der Waals surface area contributed by atoms with E-state index in [1.807, 2.05) is 35.9 Å². The molecule has 0 radical (unpaired) electrons. The Morgan fingerprint density at radius 2 is 2.00 bits per heavy atom. The maximum Gasteiger partial charge on any atom is 0.328 e. The highest BCUT2D eigenvalue weighted by molar-refractivity contribution is 8.00. The molecule has 0 saturated heterocycles. The fourth-order valence-corrected chi connectivity index (χ4v) is 4.25. The van der Waals surface area contributed by atoms with Gasteiger partial charge < -0.3 is 5.32 Å². The zero-order valence-electron chi connectivity index (χ0n) is 13.6. The van der Waals surface area contributed by atoms with Crippen LogP contribution < -0.4 is 10.0 Å². The lowest BCUT2D eigenvalue weighted by Crippen LogP contribution is -2.42. The van der Waals surface area contributed by atoms with E-state index < -0.39 is 16.1 Å². The maximum atomic E-state index is 12.5. The minimum atomic E-state index is -4.01. The molecular formula is C16H19N3O3S2. The fourth-order valence-electron chi connectivity index (χ4n) is 1.93. The van der Waals surface area contributed by atoms with Gasteiger partial charge in [-0.1, -0.05) is 29.5 Å². The lowest BCUT2D eigenvalue weighted by Gasteiger charge is -2.13. The van der Waals surface area contributed by atoms with Crippen LogP contribution in [0.2, 0.25) is 0 Å². The molecule has 2 rings (SSSR count). The third-order valence-corrected chi connectivity index (χ3v) is 5.45. The molecule has 0 saturated carbocycles. The van der Waals surface area contributed by atoms with Crippen molar-refractivity contribution in [3.8, 4) is 0 Å². The third kappa shape index (κ3) is 4.97. The maximum absolute atomic E-state index is 12.5. The summed E-state index contributed by atoms with van der Waals surface area (Å²) in [5, 5.41) is 2.49. The molecule has 1 aromatic heterocycles. The highest BCUT2D eigenvalue weighted by atomic mass is 32.2. The second-order valence-electron chi connectivity index (χ2n) is 5.47. The van der Waals surface area contributed by atoms with Crippen LogP contribution in [-0.2, 0) is 10.0 Å². The minimum absolute atomic E-state index is 0.0320. The highest BCUT2D eigenvalue weighted by Crippen LogP contribution is 2.32. The fraction of sp³-hybridized carbons (Fsp3) is 0.250. The number of nitrogens with zero attached hydrogens (tertiary/aromatic N) is 1. The molecule has 0 aliphatic heterocycles. The van der Waals surface area contributed by atoms with E-state index in [0.717, 1.165) is 10.5 Å². The molecule has 2 N–H and O–H groups in total. The van der Waals surface area contributed by atoms with E-state index in [1.54, 1.807) is 19.9 Å². The predicted molar refractivity (Wildman–Crippen MR) is 93.5 cm³/mol. The summed E-state index contributed by atoms with van der Waals surface area (Å²) in [5.74, 6) is 0. The Bertz CT molecular complexity index is 836. The Labute approximate surface area is 146 Å². The number of urea groups is 1. The van der Waals surface area contributed by atoms with Crippen molar-refractivity contribution in [2.24, 2.45) is 0 Å². The van der Waals surface area contributed by atoms with E-state index in [4.69, 9.17) is 0 Å². The van der Waals surface area contributed by atoms with Crippen LogP contribution in [0, 0.1) is 6.92 Å². The highest BCUT2D eigenvalue weighted by Gasteiger charge is 2.22. The number of hydrogen-bond acceptors (Lipinski definition) is 5. The zero-order valence-corrected chi connectivity index (χ0v) is 15.2. The van der Waals surface area contributed by atoms with Gasteiger partial charge in [0.1, 0.15) is 4.90 Å². The molecule has 1 heterocycles. The largest absolute Gasteiger partial charge is 0.335 e. The van der Waals surface area contributed by atoms with Crippen LogP contribution in [0.15, 0.2) is 57.4 Å². The summed E-state index contributed by atoms with van der Waals surface area (Å²) in [4.78, 5) is 17.0. The van der Waals surface area contributed by atoms with Crippen molar-refractivity contribution >= 4 is 27.8 Å². The van der Waals surface area contributed by atoms with Crippen LogP contribution >= 0.6 is 11.8 Å². The molecular weight excluding hydrogens is 346 g/mol. The third-order valence-electron chi connectivity index (χ3n) is 2.90. The Hall–Kier alpha value is -2.06. The number of amides is 2. The second-order valence-corrected chi connectivity index (χ2v) is 8.24. The molecule has 0 aliphatic carbocycles. The van der Waals surface area contributed by atoms with Gasteiger partial charge in [-0.2, -0.15) is 0 Å². The number of nitrogens with one attached hydrogen (secondary N) is 2. The molecule has 8 heteroatoms. The standard InChI is InChI=1S/C16H19N3O3S2/c1-11(2)18-16(20)19-24(21,22)15-10-17-8-7-14(15)23-13-6-4-5-12(3)9-13/h4-11H,1-3H3,(H2,18,19,20). The molecule has 0 spiro atoms. The Morgan fingerprint density at radius 3 is 2.67 bits per heavy atom. The summed E-state index contributed by atoms with van der Waals surface area (Å²) >= 11 is 1.31. The predicted octanol–water partition coefficient (Wildman–Crippen LogP) is 2.94. The van der Waals surface area contributed by atoms with E-state index in [9.17, 15) is 13.2 Å². The van der Waals surface area contributed by atoms with E-state index in [0.29, 0.717) is 4.90 Å². The summed E-state index contributed by atoms with van der Waals surface area (Å²) in [6.45, 7) is 5.46. The summed E-state index contributed by atoms with van der Waals surface area (Å²) in [7, 11) is -4.01. The summed E-state index contributed by atoms with van der Waals surface area (Å²) in [5.41, 5.74) is 1.08. The van der Waals surface area contributed by atoms with Crippen molar-refractivity contribution in [3.05, 3.63) is 48.3 Å². The van der Waals surface area contributed by atoms with Crippen LogP contribution in [0.1, 0.15) is 19.4 Å². The number of rotatable bonds is 5. The van der Waals surface area contributed by atoms with Crippen molar-refractivity contribution in [2.45, 2.75) is 41.5 Å². The number of carbonyl (C=O) groups is 1. The number of carbonyl (C=O) groups excluding carboxylic acids is 1. The molecule has 24 heavy (non-hydrogen) atoms. The first kappa shape index (κ1) is 18.3. The van der Waals surface area contributed by atoms with Gasteiger partial charge in [-0.05, 0) is 39.0 Å². The first-order valence-electron chi connectivity index (χ1n) is 7.30. The van der Waals surface area contributed by atoms with Crippen LogP contribution in [0.4, 0.5) is 4.79 Å². The number of hydrogen-bond donors (Lipinski definition) is 2. The number of aromatic nitrogens is 1. The number of benzene rings is 1. The average Bonchev–Trinajstić information content (AvgIpc) is 2.46. The van der Waals surface area contributed by atoms with Gasteiger partial charge in [0.05, 0.1) is 0 Å². The molecule has 0 bridgehead atoms. The summed E-state index contributed by atoms with van der Waals surface area (Å²) in [6, 6.07) is 8.40. The van der Waals surface area contributed by atoms with Crippen LogP contribution in [0.3, 0.4) is 0 Å². The molecule has 6 nitrogen and oxygen atoms in total. The van der Waals surface area contributed by atoms with Crippen molar-refractivity contribution < 1.29 is 13.2 Å². The molecule has 0 unspecified atom stereocenters. The number of sulfonamides is 1. The lowest BCUT2D eigenvalue weighted by atomic mass is 10.2. The molecule has 0 aliphatic rings. The van der Waals surface area contributed by atoms with Gasteiger partial charge >= 0.3 is 6.03 Å². The zero-order chi connectivity index (χ0) is 17.7. The van der Waals surface area contributed by atoms with E-state index in [-0.39, 0.29) is 10.9 Å². The van der Waals surface area contributed by atoms with Gasteiger partial charge in [0.25, 0.3) is 10.0 Å². The van der Waals surface area contributed by atoms with Crippen LogP contribution in [0.5, 0.6) is 0 Å². The average molecular weight is 365 g/mol. The van der Waals surface area contributed by atoms with Crippen LogP contribution in [-0.4, -0.2) is 25.5 Å². The van der Waals surface area contributed by atoms with E-state index in [2.05, 4.69) is 10.3 Å². The minimum Gasteiger partial charge on any atom is -0.335 e. The Kier molecular flexibility index (Phi) is 5.84. The van der Waals surface area contributed by atoms with Crippen molar-refractivity contribution in [3.63, 3.8) is 0 Å². The van der Waals surface area contributed by atoms with Gasteiger partial charge in [-0.25, -0.2) is 17.9 Å². The van der Waals surface area contributed by atoms with E-state index >= 15 is 0 Å². The summed E-state index contributed by atoms with van der Waals surface area (Å²) in [6.07, 6.45) is 2.76. The molecule has 0 fully saturated rings. The van der Waals surface area contributed by atoms with Crippen molar-refractivity contribution in [1.82, 2.24) is 15.0 Å². The summed E-state index contributed by atoms with van der Waals surface area (Å²) < 4.78 is 27.0. The molecule has 128 valence electrons. The molecule has 0 atom stereocenters. The topological polar surface area (TPSA) is 88.2 Å². The van der Waals surface area contributed by atoms with Gasteiger partial charge in [-0.15, -0.1) is 0 Å². The molecule has 2 amide bonds. The SMILES string of the molecule is Cc1cccc(Sc2ccncc2S(=O)(=O)NC(=O)NC(C)C)c1. The first-order chi connectivity index (χ1) is 11.3.